The van der Waals surface area contributed by atoms with Gasteiger partial charge >= 0.3 is 12.9 Å². The molecule has 0 saturated carbocycles. The van der Waals surface area contributed by atoms with Crippen molar-refractivity contribution in [3.63, 3.8) is 0 Å². The van der Waals surface area contributed by atoms with Crippen molar-refractivity contribution in [1.82, 2.24) is 25.1 Å². The van der Waals surface area contributed by atoms with Gasteiger partial charge in [0.05, 0.1) is 34.3 Å². The Morgan fingerprint density at radius 3 is 2.41 bits per heavy atom. The molecule has 0 radical (unpaired) electrons. The van der Waals surface area contributed by atoms with Crippen LogP contribution in [0, 0.1) is 5.92 Å². The van der Waals surface area contributed by atoms with Gasteiger partial charge in [-0.05, 0) is 86.1 Å². The van der Waals surface area contributed by atoms with Crippen LogP contribution < -0.4 is 15.4 Å². The van der Waals surface area contributed by atoms with E-state index in [-0.39, 0.29) is 51.2 Å². The number of nitrogens with zero attached hydrogens (tertiary/aromatic N) is 5. The first-order chi connectivity index (χ1) is 33.1. The van der Waals surface area contributed by atoms with Crippen LogP contribution in [-0.4, -0.2) is 151 Å². The number of hydrogen-bond acceptors (Lipinski definition) is 11. The molecule has 3 aliphatic heterocycles. The molecule has 1 saturated heterocycles. The van der Waals surface area contributed by atoms with Crippen molar-refractivity contribution in [2.45, 2.75) is 83.6 Å². The van der Waals surface area contributed by atoms with E-state index in [1.807, 2.05) is 54.6 Å². The van der Waals surface area contributed by atoms with Crippen molar-refractivity contribution in [3.05, 3.63) is 76.4 Å². The third kappa shape index (κ3) is 14.8. The van der Waals surface area contributed by atoms with Crippen LogP contribution in [0.1, 0.15) is 88.0 Å². The number of benzene rings is 1. The molecule has 6 rings (SSSR count). The highest BCUT2D eigenvalue weighted by Gasteiger charge is 2.55. The average Bonchev–Trinajstić information content (AvgIpc) is 4.08. The number of carbonyl (C=O) groups is 5. The maximum absolute atomic E-state index is 17.0. The number of carbonyl (C=O) groups excluding carboxylic acids is 5. The lowest BCUT2D eigenvalue weighted by Crippen LogP contribution is -2.51. The number of fused-ring (bicyclic) bond motifs is 2. The lowest BCUT2D eigenvalue weighted by atomic mass is 9.88. The van der Waals surface area contributed by atoms with E-state index in [0.717, 1.165) is 33.5 Å². The van der Waals surface area contributed by atoms with Crippen molar-refractivity contribution >= 4 is 75.9 Å². The van der Waals surface area contributed by atoms with Crippen molar-refractivity contribution in [2.24, 2.45) is 5.92 Å². The zero-order valence-corrected chi connectivity index (χ0v) is 42.2. The maximum Gasteiger partial charge on any atom is 0.737 e. The topological polar surface area (TPSA) is 197 Å². The van der Waals surface area contributed by atoms with E-state index in [4.69, 9.17) is 9.57 Å². The molecular weight excluding hydrogens is 948 g/mol. The summed E-state index contributed by atoms with van der Waals surface area (Å²) in [5, 5.41) is 7.41. The van der Waals surface area contributed by atoms with Gasteiger partial charge in [-0.25, -0.2) is 4.79 Å². The number of aryl methyl sites for hydroxylation is 1. The average molecular weight is 1010 g/mol. The normalized spacial score (nSPS) is 17.2. The van der Waals surface area contributed by atoms with Crippen molar-refractivity contribution in [3.8, 4) is 16.3 Å². The third-order valence-electron chi connectivity index (χ3n) is 12.3. The van der Waals surface area contributed by atoms with E-state index in [9.17, 15) is 36.9 Å². The predicted octanol–water partition coefficient (Wildman–Crippen LogP) is 5.39. The second kappa shape index (κ2) is 23.6. The molecule has 22 heteroatoms. The van der Waals surface area contributed by atoms with Gasteiger partial charge in [0.15, 0.2) is 0 Å². The lowest BCUT2D eigenvalue weighted by Gasteiger charge is -2.31. The molecule has 4 amide bonds. The van der Waals surface area contributed by atoms with E-state index < -0.39 is 58.5 Å². The summed E-state index contributed by atoms with van der Waals surface area (Å²) < 4.78 is 76.1. The van der Waals surface area contributed by atoms with Crippen LogP contribution in [-0.2, 0) is 45.3 Å². The summed E-state index contributed by atoms with van der Waals surface area (Å²) >= 11 is 1.45. The monoisotopic (exact) mass is 1010 g/mol. The minimum atomic E-state index is -4.63. The lowest BCUT2D eigenvalue weighted by molar-refractivity contribution is -0.870. The molecule has 380 valence electrons. The summed E-state index contributed by atoms with van der Waals surface area (Å²) in [6, 6.07) is 11.3. The Balaban J connectivity index is 0.945. The number of unbranched alkanes of at least 4 members (excludes halogenated alkanes) is 2. The summed E-state index contributed by atoms with van der Waals surface area (Å²) in [5.41, 5.74) is 4.00. The van der Waals surface area contributed by atoms with Gasteiger partial charge in [-0.15, -0.1) is 16.4 Å². The molecule has 2 unspecified atom stereocenters. The number of rotatable bonds is 26. The van der Waals surface area contributed by atoms with Gasteiger partial charge in [-0.1, -0.05) is 31.5 Å². The van der Waals surface area contributed by atoms with Gasteiger partial charge in [0.25, 0.3) is 21.9 Å². The quantitative estimate of drug-likeness (QED) is 0.0307. The Labute approximate surface area is 412 Å². The molecule has 17 nitrogen and oxygen atoms in total. The number of nitrogens with one attached hydrogen (secondary N) is 2. The first kappa shape index (κ1) is 53.8. The summed E-state index contributed by atoms with van der Waals surface area (Å²) in [7, 11) is 3.58. The molecule has 0 spiro atoms. The van der Waals surface area contributed by atoms with E-state index in [1.165, 1.54) is 20.3 Å². The van der Waals surface area contributed by atoms with Crippen LogP contribution in [0.5, 0.6) is 5.75 Å². The van der Waals surface area contributed by atoms with Crippen molar-refractivity contribution in [2.75, 3.05) is 66.7 Å². The number of quaternary nitrogens is 1. The molecule has 2 aromatic heterocycles. The second-order valence-corrected chi connectivity index (χ2v) is 21.6. The fraction of sp³-hybridized carbons (Fsp3) is 0.500. The highest BCUT2D eigenvalue weighted by molar-refractivity contribution is 7.85. The Morgan fingerprint density at radius 1 is 1.01 bits per heavy atom. The minimum absolute atomic E-state index is 0.0231. The Bertz CT molecular complexity index is 2580. The van der Waals surface area contributed by atoms with Gasteiger partial charge in [0, 0.05) is 85.9 Å². The number of allylic oxidation sites excluding steroid dienone is 2. The van der Waals surface area contributed by atoms with Crippen molar-refractivity contribution < 1.29 is 64.1 Å². The van der Waals surface area contributed by atoms with Gasteiger partial charge in [-0.2, -0.15) is 8.42 Å². The fourth-order valence-corrected chi connectivity index (χ4v) is 10.1. The van der Waals surface area contributed by atoms with Crippen LogP contribution in [0.15, 0.2) is 59.6 Å². The third-order valence-corrected chi connectivity index (χ3v) is 14.0. The van der Waals surface area contributed by atoms with Crippen LogP contribution in [0.2, 0.25) is 0 Å². The van der Waals surface area contributed by atoms with E-state index in [2.05, 4.69) is 31.8 Å². The Hall–Kier alpha value is -5.55. The van der Waals surface area contributed by atoms with E-state index in [0.29, 0.717) is 78.8 Å². The van der Waals surface area contributed by atoms with Gasteiger partial charge in [0.2, 0.25) is 11.8 Å². The number of aromatic nitrogens is 1. The smallest absolute Gasteiger partial charge is 0.494 e. The highest BCUT2D eigenvalue weighted by Crippen LogP contribution is 2.43. The first-order valence-electron chi connectivity index (χ1n) is 23.8. The number of hydroxylamine groups is 2. The maximum atomic E-state index is 17.0. The molecule has 1 fully saturated rings. The number of thiophene rings is 1. The number of likely N-dealkylation sites (N-methyl/N-ethyl adjacent to an activating group) is 1. The van der Waals surface area contributed by atoms with Crippen LogP contribution >= 0.6 is 11.3 Å². The van der Waals surface area contributed by atoms with E-state index in [1.54, 1.807) is 30.3 Å². The standard InChI is InChI=1S/C48H64BF2N7O10S2/c1-34-30-37(55-40(34)32-41-36(12-9-27-58(3,4)5)31-42(43-13-11-29-69-43)56(41)49(55,50)51)19-16-35-17-20-38(21-18-35)67-28-10-14-44(59)53-39(33-70(64,65)66)48(63)52-24-26-54(2)25-8-6-7-15-47(62)68-57-45(60)22-23-46(57)61/h11,13,16-21,29,31-32,34,39H,6-10,12,14-15,22-28,30,33H2,1-5H3,(H2-,52,53,59,63,64,65,66)/p+1/b19-16+. The molecule has 3 aliphatic rings. The molecule has 1 aromatic carbocycles. The van der Waals surface area contributed by atoms with Crippen LogP contribution in [0.25, 0.3) is 22.7 Å². The zero-order chi connectivity index (χ0) is 50.8. The van der Waals surface area contributed by atoms with Crippen molar-refractivity contribution in [1.29, 1.82) is 0 Å². The number of imide groups is 1. The largest absolute Gasteiger partial charge is 0.737 e. The summed E-state index contributed by atoms with van der Waals surface area (Å²) in [6.07, 6.45) is 9.64. The van der Waals surface area contributed by atoms with Gasteiger partial charge in [0.1, 0.15) is 29.0 Å². The molecule has 2 atom stereocenters. The highest BCUT2D eigenvalue weighted by atomic mass is 32.2. The number of ether oxygens (including phenoxy) is 1. The van der Waals surface area contributed by atoms with Gasteiger partial charge in [-0.3, -0.25) is 23.7 Å². The summed E-state index contributed by atoms with van der Waals surface area (Å²) in [6.45, 7) is -0.0501. The molecule has 70 heavy (non-hydrogen) atoms. The molecule has 0 aliphatic carbocycles. The molecule has 5 heterocycles. The molecule has 3 aromatic rings. The van der Waals surface area contributed by atoms with E-state index >= 15 is 8.63 Å². The molecular formula is C48H65BF2N7O10S2+. The first-order valence-corrected chi connectivity index (χ1v) is 26.2. The van der Waals surface area contributed by atoms with Gasteiger partial charge < -0.3 is 47.2 Å². The summed E-state index contributed by atoms with van der Waals surface area (Å²) in [4.78, 5) is 68.4. The SMILES string of the molecule is CC1CC(/C=C/c2ccc(OCCCC(=O)NC(CS(=O)(=O)O)C(=O)NCCN(C)CCCCCC(=O)ON3C(=O)CCC3=O)cc2)=[N+]2C1=Cc1c(CCC[N+](C)(C)C)cc(-c3cccs3)n1[B-]2(F)F. The van der Waals surface area contributed by atoms with Crippen LogP contribution in [0.3, 0.4) is 0 Å². The number of halogens is 2. The molecule has 0 bridgehead atoms. The molecule has 3 N–H and O–H groups in total. The number of amides is 4. The zero-order valence-electron chi connectivity index (χ0n) is 40.5. The Morgan fingerprint density at radius 2 is 1.74 bits per heavy atom. The fourth-order valence-electron chi connectivity index (χ4n) is 8.75. The Kier molecular flexibility index (Phi) is 18.1. The minimum Gasteiger partial charge on any atom is -0.494 e. The predicted molar refractivity (Wildman–Crippen MR) is 264 cm³/mol. The second-order valence-electron chi connectivity index (χ2n) is 19.2. The summed E-state index contributed by atoms with van der Waals surface area (Å²) in [5.74, 6) is -3.73. The number of hydrogen-bond donors (Lipinski definition) is 3. The van der Waals surface area contributed by atoms with Crippen LogP contribution in [0.4, 0.5) is 8.63 Å².